The molecule has 0 amide bonds. The van der Waals surface area contributed by atoms with E-state index in [0.717, 1.165) is 65.9 Å². The summed E-state index contributed by atoms with van der Waals surface area (Å²) in [6, 6.07) is 63.4. The second-order valence-corrected chi connectivity index (χ2v) is 13.4. The van der Waals surface area contributed by atoms with E-state index in [4.69, 9.17) is 0 Å². The molecule has 0 unspecified atom stereocenters. The quantitative estimate of drug-likeness (QED) is 0.158. The minimum Gasteiger partial charge on any atom is -0.310 e. The molecule has 53 heavy (non-hydrogen) atoms. The van der Waals surface area contributed by atoms with Gasteiger partial charge in [-0.3, -0.25) is 0 Å². The summed E-state index contributed by atoms with van der Waals surface area (Å²) in [5.41, 5.74) is 6.84. The second-order valence-electron chi connectivity index (χ2n) is 13.4. The van der Waals surface area contributed by atoms with Crippen molar-refractivity contribution in [2.75, 3.05) is 4.90 Å². The van der Waals surface area contributed by atoms with Crippen LogP contribution in [0.2, 0.25) is 0 Å². The van der Waals surface area contributed by atoms with Gasteiger partial charge in [-0.25, -0.2) is 0 Å². The van der Waals surface area contributed by atoms with E-state index >= 15 is 0 Å². The number of rotatable bonds is 6. The highest BCUT2D eigenvalue weighted by Gasteiger charge is 2.18. The molecule has 10 aromatic carbocycles. The highest BCUT2D eigenvalue weighted by atomic mass is 15.1. The average molecular weight is 678 g/mol. The van der Waals surface area contributed by atoms with E-state index in [9.17, 15) is 5.48 Å². The van der Waals surface area contributed by atoms with Gasteiger partial charge in [0.2, 0.25) is 0 Å². The largest absolute Gasteiger partial charge is 0.310 e. The van der Waals surface area contributed by atoms with Crippen molar-refractivity contribution in [3.63, 3.8) is 0 Å². The van der Waals surface area contributed by atoms with E-state index in [2.05, 4.69) is 97.1 Å². The third-order valence-corrected chi connectivity index (χ3v) is 10.3. The van der Waals surface area contributed by atoms with Crippen LogP contribution in [0.25, 0.3) is 76.5 Å². The Labute approximate surface area is 315 Å². The molecule has 0 bridgehead atoms. The Bertz CT molecular complexity index is 3130. The monoisotopic (exact) mass is 677 g/mol. The molecule has 0 radical (unpaired) electrons. The predicted octanol–water partition coefficient (Wildman–Crippen LogP) is 14.8. The first kappa shape index (κ1) is 26.8. The fourth-order valence-electron chi connectivity index (χ4n) is 7.71. The van der Waals surface area contributed by atoms with Crippen LogP contribution in [0.1, 0.15) is 5.48 Å². The lowest BCUT2D eigenvalue weighted by molar-refractivity contribution is 1.30. The van der Waals surface area contributed by atoms with Gasteiger partial charge in [0.1, 0.15) is 0 Å². The molecular weight excluding hydrogens is 639 g/mol. The van der Waals surface area contributed by atoms with Crippen molar-refractivity contribution in [3.8, 4) is 33.4 Å². The number of hydrogen-bond acceptors (Lipinski definition) is 1. The fraction of sp³-hybridized carbons (Fsp3) is 0. The minimum absolute atomic E-state index is 0.0900. The average Bonchev–Trinajstić information content (AvgIpc) is 3.27. The Morgan fingerprint density at radius 3 is 1.40 bits per heavy atom. The van der Waals surface area contributed by atoms with Gasteiger partial charge in [0.25, 0.3) is 0 Å². The van der Waals surface area contributed by atoms with Gasteiger partial charge in [0.05, 0.1) is 11.2 Å². The van der Waals surface area contributed by atoms with Gasteiger partial charge >= 0.3 is 0 Å². The van der Waals surface area contributed by atoms with E-state index in [0.29, 0.717) is 5.56 Å². The highest BCUT2D eigenvalue weighted by Crippen LogP contribution is 2.43. The first-order valence-corrected chi connectivity index (χ1v) is 17.9. The third kappa shape index (κ3) is 5.51. The highest BCUT2D eigenvalue weighted by molar-refractivity contribution is 6.15. The Balaban J connectivity index is 1.18. The van der Waals surface area contributed by atoms with Crippen molar-refractivity contribution in [3.05, 3.63) is 212 Å². The van der Waals surface area contributed by atoms with Crippen molar-refractivity contribution >= 4 is 60.2 Å². The SMILES string of the molecule is [2H]c1c([2H])c(N(c2ccc(-c3cc4ccccc4c4ccccc34)cc2)c2cc3ccccc3c3ccccc23)c([2H])c([2H])c1-c1ccc(-c2ccccc2)cc1. The summed E-state index contributed by atoms with van der Waals surface area (Å²) in [7, 11) is 0. The topological polar surface area (TPSA) is 3.24 Å². The van der Waals surface area contributed by atoms with Crippen LogP contribution in [0.4, 0.5) is 17.1 Å². The van der Waals surface area contributed by atoms with Crippen LogP contribution < -0.4 is 4.90 Å². The van der Waals surface area contributed by atoms with Crippen LogP contribution in [0, 0.1) is 0 Å². The Hall–Kier alpha value is -6.96. The number of fused-ring (bicyclic) bond motifs is 6. The molecule has 0 heterocycles. The minimum atomic E-state index is -0.111. The summed E-state index contributed by atoms with van der Waals surface area (Å²) in [5, 5.41) is 8.83. The number of anilines is 3. The molecule has 10 rings (SSSR count). The first-order chi connectivity index (χ1) is 28.0. The van der Waals surface area contributed by atoms with E-state index in [1.165, 1.54) is 10.8 Å². The summed E-state index contributed by atoms with van der Waals surface area (Å²) < 4.78 is 38.0. The van der Waals surface area contributed by atoms with E-state index < -0.39 is 0 Å². The molecule has 1 nitrogen and oxygen atoms in total. The lowest BCUT2D eigenvalue weighted by Crippen LogP contribution is -2.10. The van der Waals surface area contributed by atoms with Gasteiger partial charge < -0.3 is 4.90 Å². The summed E-state index contributed by atoms with van der Waals surface area (Å²) >= 11 is 0. The third-order valence-electron chi connectivity index (χ3n) is 10.3. The zero-order valence-corrected chi connectivity index (χ0v) is 28.8. The standard InChI is InChI=1S/C52H35N/c1-2-12-36(13-3-1)37-22-24-38(25-23-37)39-26-30-43(31-27-39)53(52-35-42-15-5-7-17-46(42)48-19-10-11-21-50(48)52)44-32-28-40(29-33-44)51-34-41-14-4-6-16-45(41)47-18-8-9-20-49(47)51/h1-35H/i26D,27D,30D,31D. The number of hydrogen-bond donors (Lipinski definition) is 0. The molecule has 0 atom stereocenters. The summed E-state index contributed by atoms with van der Waals surface area (Å²) in [6.45, 7) is 0. The van der Waals surface area contributed by atoms with Crippen LogP contribution in [0.5, 0.6) is 0 Å². The summed E-state index contributed by atoms with van der Waals surface area (Å²) in [6.07, 6.45) is 0. The molecule has 0 aliphatic heterocycles. The van der Waals surface area contributed by atoms with Crippen molar-refractivity contribution in [1.82, 2.24) is 0 Å². The lowest BCUT2D eigenvalue weighted by atomic mass is 9.93. The molecular formula is C52H35N. The van der Waals surface area contributed by atoms with Gasteiger partial charge in [-0.1, -0.05) is 176 Å². The lowest BCUT2D eigenvalue weighted by Gasteiger charge is -2.28. The Morgan fingerprint density at radius 1 is 0.302 bits per heavy atom. The van der Waals surface area contributed by atoms with Crippen LogP contribution in [-0.2, 0) is 0 Å². The van der Waals surface area contributed by atoms with Crippen LogP contribution in [0.3, 0.4) is 0 Å². The van der Waals surface area contributed by atoms with E-state index in [1.54, 1.807) is 0 Å². The second kappa shape index (κ2) is 13.0. The molecule has 0 spiro atoms. The van der Waals surface area contributed by atoms with E-state index in [-0.39, 0.29) is 35.4 Å². The maximum Gasteiger partial charge on any atom is 0.0645 e. The molecule has 10 aromatic rings. The van der Waals surface area contributed by atoms with E-state index in [1.807, 2.05) is 95.9 Å². The first-order valence-electron chi connectivity index (χ1n) is 19.9. The van der Waals surface area contributed by atoms with Crippen molar-refractivity contribution in [2.45, 2.75) is 0 Å². The predicted molar refractivity (Wildman–Crippen MR) is 227 cm³/mol. The number of benzene rings is 10. The smallest absolute Gasteiger partial charge is 0.0645 e. The van der Waals surface area contributed by atoms with Crippen LogP contribution >= 0.6 is 0 Å². The van der Waals surface area contributed by atoms with Crippen LogP contribution in [-0.4, -0.2) is 0 Å². The van der Waals surface area contributed by atoms with Gasteiger partial charge in [-0.2, -0.15) is 0 Å². The van der Waals surface area contributed by atoms with Gasteiger partial charge in [-0.05, 0) is 107 Å². The Morgan fingerprint density at radius 2 is 0.755 bits per heavy atom. The summed E-state index contributed by atoms with van der Waals surface area (Å²) in [4.78, 5) is 1.92. The van der Waals surface area contributed by atoms with Crippen LogP contribution in [0.15, 0.2) is 212 Å². The molecule has 0 aliphatic carbocycles. The molecule has 0 aromatic heterocycles. The maximum absolute atomic E-state index is 9.61. The normalized spacial score (nSPS) is 12.5. The zero-order valence-electron chi connectivity index (χ0n) is 32.8. The molecule has 0 fully saturated rings. The molecule has 0 aliphatic rings. The zero-order chi connectivity index (χ0) is 38.6. The van der Waals surface area contributed by atoms with Crippen molar-refractivity contribution < 1.29 is 5.48 Å². The Kier molecular flexibility index (Phi) is 6.56. The van der Waals surface area contributed by atoms with Gasteiger partial charge in [-0.15, -0.1) is 0 Å². The fourth-order valence-corrected chi connectivity index (χ4v) is 7.71. The molecule has 1 heteroatoms. The summed E-state index contributed by atoms with van der Waals surface area (Å²) in [5.74, 6) is 0. The molecule has 0 N–H and O–H groups in total. The molecule has 0 saturated heterocycles. The maximum atomic E-state index is 9.61. The molecule has 248 valence electrons. The van der Waals surface area contributed by atoms with Gasteiger partial charge in [0.15, 0.2) is 0 Å². The van der Waals surface area contributed by atoms with Gasteiger partial charge in [0, 0.05) is 16.8 Å². The van der Waals surface area contributed by atoms with Crippen molar-refractivity contribution in [2.24, 2.45) is 0 Å². The molecule has 0 saturated carbocycles. The number of nitrogens with zero attached hydrogens (tertiary/aromatic N) is 1. The van der Waals surface area contributed by atoms with Crippen molar-refractivity contribution in [1.29, 1.82) is 0 Å².